The first-order chi connectivity index (χ1) is 15.5. The second-order valence-electron chi connectivity index (χ2n) is 9.03. The van der Waals surface area contributed by atoms with Crippen molar-refractivity contribution in [3.63, 3.8) is 0 Å². The normalized spacial score (nSPS) is 15.5. The van der Waals surface area contributed by atoms with Crippen molar-refractivity contribution in [2.24, 2.45) is 5.92 Å². The Hall–Kier alpha value is -3.00. The molecule has 3 rings (SSSR count). The van der Waals surface area contributed by atoms with E-state index in [-0.39, 0.29) is 29.3 Å². The fourth-order valence-electron chi connectivity index (χ4n) is 4.00. The number of carbonyl (C=O) groups excluding carboxylic acids is 3. The lowest BCUT2D eigenvalue weighted by molar-refractivity contribution is -0.125. The Bertz CT molecular complexity index is 1120. The van der Waals surface area contributed by atoms with Crippen molar-refractivity contribution in [3.8, 4) is 0 Å². The lowest BCUT2D eigenvalue weighted by Gasteiger charge is -2.27. The standard InChI is InChI=1S/C25H30N2O5S/c1-16(2)15-18-9-11-19(12-10-18)17(3)26-23(28)22(13-14-33(4,31)32)27-24(29)20-7-5-6-8-21(20)25(27)30/h5-12,16-17,22H,13-15H2,1-4H3,(H,26,28). The molecule has 0 saturated heterocycles. The number of nitrogens with one attached hydrogen (secondary N) is 1. The van der Waals surface area contributed by atoms with Crippen molar-refractivity contribution in [1.82, 2.24) is 10.2 Å². The summed E-state index contributed by atoms with van der Waals surface area (Å²) in [5.74, 6) is -1.53. The van der Waals surface area contributed by atoms with Gasteiger partial charge in [0.2, 0.25) is 5.91 Å². The molecule has 0 aromatic heterocycles. The van der Waals surface area contributed by atoms with Crippen LogP contribution in [0.2, 0.25) is 0 Å². The van der Waals surface area contributed by atoms with E-state index in [0.717, 1.165) is 23.1 Å². The average molecular weight is 471 g/mol. The number of sulfone groups is 1. The summed E-state index contributed by atoms with van der Waals surface area (Å²) in [5, 5.41) is 2.86. The van der Waals surface area contributed by atoms with Crippen LogP contribution in [0.5, 0.6) is 0 Å². The smallest absolute Gasteiger partial charge is 0.262 e. The molecule has 8 heteroatoms. The van der Waals surface area contributed by atoms with Gasteiger partial charge in [-0.25, -0.2) is 8.42 Å². The summed E-state index contributed by atoms with van der Waals surface area (Å²) in [7, 11) is -3.41. The highest BCUT2D eigenvalue weighted by atomic mass is 32.2. The van der Waals surface area contributed by atoms with Crippen molar-refractivity contribution in [1.29, 1.82) is 0 Å². The van der Waals surface area contributed by atoms with Gasteiger partial charge in [-0.1, -0.05) is 50.2 Å². The van der Waals surface area contributed by atoms with Gasteiger partial charge >= 0.3 is 0 Å². The number of hydrogen-bond acceptors (Lipinski definition) is 5. The van der Waals surface area contributed by atoms with Crippen LogP contribution in [0.25, 0.3) is 0 Å². The van der Waals surface area contributed by atoms with Crippen LogP contribution < -0.4 is 5.32 Å². The van der Waals surface area contributed by atoms with E-state index in [2.05, 4.69) is 19.2 Å². The molecule has 33 heavy (non-hydrogen) atoms. The largest absolute Gasteiger partial charge is 0.348 e. The van der Waals surface area contributed by atoms with Gasteiger partial charge in [-0.3, -0.25) is 19.3 Å². The van der Waals surface area contributed by atoms with Crippen LogP contribution >= 0.6 is 0 Å². The number of amides is 3. The summed E-state index contributed by atoms with van der Waals surface area (Å²) in [6, 6.07) is 12.6. The molecule has 1 N–H and O–H groups in total. The minimum atomic E-state index is -3.41. The molecule has 1 aliphatic rings. The molecule has 0 spiro atoms. The van der Waals surface area contributed by atoms with Gasteiger partial charge in [0.25, 0.3) is 11.8 Å². The van der Waals surface area contributed by atoms with E-state index in [4.69, 9.17) is 0 Å². The number of imide groups is 1. The number of benzene rings is 2. The molecule has 2 aromatic rings. The first kappa shape index (κ1) is 24.6. The third kappa shape index (κ3) is 5.87. The number of fused-ring (bicyclic) bond motifs is 1. The minimum Gasteiger partial charge on any atom is -0.348 e. The molecule has 0 radical (unpaired) electrons. The molecular weight excluding hydrogens is 440 g/mol. The lowest BCUT2D eigenvalue weighted by Crippen LogP contribution is -2.50. The first-order valence-corrected chi connectivity index (χ1v) is 13.1. The molecule has 0 fully saturated rings. The molecular formula is C25H30N2O5S. The van der Waals surface area contributed by atoms with Gasteiger partial charge in [-0.15, -0.1) is 0 Å². The van der Waals surface area contributed by atoms with Crippen molar-refractivity contribution in [2.45, 2.75) is 45.7 Å². The third-order valence-electron chi connectivity index (χ3n) is 5.68. The fraction of sp³-hybridized carbons (Fsp3) is 0.400. The molecule has 0 bridgehead atoms. The summed E-state index contributed by atoms with van der Waals surface area (Å²) in [5.41, 5.74) is 2.51. The lowest BCUT2D eigenvalue weighted by atomic mass is 9.99. The second kappa shape index (κ2) is 9.87. The topological polar surface area (TPSA) is 101 Å². The van der Waals surface area contributed by atoms with Gasteiger partial charge in [0, 0.05) is 6.26 Å². The zero-order valence-corrected chi connectivity index (χ0v) is 20.2. The van der Waals surface area contributed by atoms with Crippen LogP contribution in [-0.2, 0) is 21.1 Å². The highest BCUT2D eigenvalue weighted by Crippen LogP contribution is 2.26. The summed E-state index contributed by atoms with van der Waals surface area (Å²) in [6.07, 6.45) is 1.84. The van der Waals surface area contributed by atoms with Gasteiger partial charge in [0.15, 0.2) is 0 Å². The van der Waals surface area contributed by atoms with E-state index in [1.165, 1.54) is 17.7 Å². The maximum atomic E-state index is 13.2. The molecule has 2 atom stereocenters. The van der Waals surface area contributed by atoms with Gasteiger partial charge in [0.05, 0.1) is 22.9 Å². The van der Waals surface area contributed by atoms with Crippen molar-refractivity contribution in [3.05, 3.63) is 70.8 Å². The van der Waals surface area contributed by atoms with E-state index in [0.29, 0.717) is 5.92 Å². The molecule has 0 saturated carbocycles. The third-order valence-corrected chi connectivity index (χ3v) is 6.66. The predicted octanol–water partition coefficient (Wildman–Crippen LogP) is 3.16. The SMILES string of the molecule is CC(C)Cc1ccc(C(C)NC(=O)C(CCS(C)(=O)=O)N2C(=O)c3ccccc3C2=O)cc1. The Kier molecular flexibility index (Phi) is 7.37. The molecule has 2 aromatic carbocycles. The molecule has 1 heterocycles. The van der Waals surface area contributed by atoms with Crippen LogP contribution in [-0.4, -0.2) is 49.1 Å². The molecule has 1 aliphatic heterocycles. The average Bonchev–Trinajstić information content (AvgIpc) is 2.98. The number of hydrogen-bond donors (Lipinski definition) is 1. The molecule has 0 aliphatic carbocycles. The van der Waals surface area contributed by atoms with E-state index < -0.39 is 33.6 Å². The Labute approximate surface area is 195 Å². The molecule has 176 valence electrons. The number of carbonyl (C=O) groups is 3. The Morgan fingerprint density at radius 3 is 1.97 bits per heavy atom. The fourth-order valence-corrected chi connectivity index (χ4v) is 4.65. The molecule has 2 unspecified atom stereocenters. The number of rotatable bonds is 9. The summed E-state index contributed by atoms with van der Waals surface area (Å²) in [6.45, 7) is 6.10. The van der Waals surface area contributed by atoms with Gasteiger partial charge in [0.1, 0.15) is 15.9 Å². The van der Waals surface area contributed by atoms with Crippen LogP contribution in [0.15, 0.2) is 48.5 Å². The maximum Gasteiger partial charge on any atom is 0.262 e. The van der Waals surface area contributed by atoms with Gasteiger partial charge in [-0.2, -0.15) is 0 Å². The van der Waals surface area contributed by atoms with Crippen molar-refractivity contribution >= 4 is 27.6 Å². The van der Waals surface area contributed by atoms with E-state index in [1.807, 2.05) is 31.2 Å². The quantitative estimate of drug-likeness (QED) is 0.568. The Morgan fingerprint density at radius 1 is 0.939 bits per heavy atom. The van der Waals surface area contributed by atoms with Crippen LogP contribution in [0.1, 0.15) is 65.1 Å². The Balaban J connectivity index is 1.81. The summed E-state index contributed by atoms with van der Waals surface area (Å²) >= 11 is 0. The van der Waals surface area contributed by atoms with E-state index in [9.17, 15) is 22.8 Å². The molecule has 3 amide bonds. The summed E-state index contributed by atoms with van der Waals surface area (Å²) in [4.78, 5) is 40.0. The second-order valence-corrected chi connectivity index (χ2v) is 11.3. The number of nitrogens with zero attached hydrogens (tertiary/aromatic N) is 1. The monoisotopic (exact) mass is 470 g/mol. The molecule has 7 nitrogen and oxygen atoms in total. The first-order valence-electron chi connectivity index (χ1n) is 11.0. The zero-order valence-electron chi connectivity index (χ0n) is 19.4. The van der Waals surface area contributed by atoms with Crippen LogP contribution in [0.3, 0.4) is 0 Å². The van der Waals surface area contributed by atoms with Crippen molar-refractivity contribution < 1.29 is 22.8 Å². The zero-order chi connectivity index (χ0) is 24.3. The van der Waals surface area contributed by atoms with Crippen LogP contribution in [0, 0.1) is 5.92 Å². The van der Waals surface area contributed by atoms with E-state index >= 15 is 0 Å². The minimum absolute atomic E-state index is 0.170. The van der Waals surface area contributed by atoms with Crippen molar-refractivity contribution in [2.75, 3.05) is 12.0 Å². The predicted molar refractivity (Wildman–Crippen MR) is 127 cm³/mol. The highest BCUT2D eigenvalue weighted by molar-refractivity contribution is 7.90. The maximum absolute atomic E-state index is 13.2. The van der Waals surface area contributed by atoms with Gasteiger partial charge < -0.3 is 5.32 Å². The van der Waals surface area contributed by atoms with E-state index in [1.54, 1.807) is 12.1 Å². The Morgan fingerprint density at radius 2 is 1.48 bits per heavy atom. The summed E-state index contributed by atoms with van der Waals surface area (Å²) < 4.78 is 23.6. The van der Waals surface area contributed by atoms with Crippen LogP contribution in [0.4, 0.5) is 0 Å². The highest BCUT2D eigenvalue weighted by Gasteiger charge is 2.43. The van der Waals surface area contributed by atoms with Gasteiger partial charge in [-0.05, 0) is 48.9 Å².